The second-order valence-corrected chi connectivity index (χ2v) is 10.2. The van der Waals surface area contributed by atoms with Gasteiger partial charge in [0.15, 0.2) is 11.5 Å². The van der Waals surface area contributed by atoms with Crippen molar-refractivity contribution in [2.24, 2.45) is 0 Å². The van der Waals surface area contributed by atoms with Crippen LogP contribution in [0.2, 0.25) is 0 Å². The number of rotatable bonds is 9. The summed E-state index contributed by atoms with van der Waals surface area (Å²) < 4.78 is 1.89. The molecule has 0 aliphatic heterocycles. The first-order chi connectivity index (χ1) is 18.6. The summed E-state index contributed by atoms with van der Waals surface area (Å²) in [6.45, 7) is 6.23. The van der Waals surface area contributed by atoms with Gasteiger partial charge in [-0.15, -0.1) is 0 Å². The maximum absolute atomic E-state index is 13.4. The molecule has 6 nitrogen and oxygen atoms in total. The zero-order valence-corrected chi connectivity index (χ0v) is 22.7. The smallest absolute Gasteiger partial charge is 0.237 e. The molecule has 0 aliphatic rings. The molecule has 0 radical (unpaired) electrons. The van der Waals surface area contributed by atoms with Crippen LogP contribution < -0.4 is 5.32 Å². The minimum Gasteiger partial charge on any atom is -0.325 e. The predicted molar refractivity (Wildman–Crippen MR) is 156 cm³/mol. The van der Waals surface area contributed by atoms with Crippen molar-refractivity contribution in [3.63, 3.8) is 0 Å². The standard InChI is InChI=1S/C31H31N5OS/c1-4-21-17-19-23(20-18-21)32-30(37)26(6-3)38-31-27-25(5-2)35-36(24-15-11-8-12-16-24)29(27)33-28(34-31)22-13-9-7-10-14-22/h7-20,26H,4-6H2,1-3H3,(H,32,37)/t26-/m1/s1. The fourth-order valence-corrected chi connectivity index (χ4v) is 5.42. The Balaban J connectivity index is 1.58. The lowest BCUT2D eigenvalue weighted by Crippen LogP contribution is -2.24. The molecule has 1 amide bonds. The van der Waals surface area contributed by atoms with Gasteiger partial charge in [0.1, 0.15) is 5.03 Å². The fraction of sp³-hybridized carbons (Fsp3) is 0.226. The zero-order chi connectivity index (χ0) is 26.5. The Morgan fingerprint density at radius 2 is 1.55 bits per heavy atom. The molecule has 3 aromatic carbocycles. The largest absolute Gasteiger partial charge is 0.325 e. The predicted octanol–water partition coefficient (Wildman–Crippen LogP) is 7.12. The molecule has 0 saturated carbocycles. The van der Waals surface area contributed by atoms with E-state index in [4.69, 9.17) is 15.1 Å². The van der Waals surface area contributed by atoms with Crippen molar-refractivity contribution in [2.45, 2.75) is 50.3 Å². The van der Waals surface area contributed by atoms with Gasteiger partial charge >= 0.3 is 0 Å². The molecule has 1 N–H and O–H groups in total. The number of aromatic nitrogens is 4. The van der Waals surface area contributed by atoms with Crippen LogP contribution in [0.4, 0.5) is 5.69 Å². The third kappa shape index (κ3) is 5.34. The monoisotopic (exact) mass is 521 g/mol. The number of aryl methyl sites for hydroxylation is 2. The number of carbonyl (C=O) groups is 1. The van der Waals surface area contributed by atoms with E-state index in [0.29, 0.717) is 12.2 Å². The summed E-state index contributed by atoms with van der Waals surface area (Å²) >= 11 is 1.48. The topological polar surface area (TPSA) is 72.7 Å². The van der Waals surface area contributed by atoms with Gasteiger partial charge in [-0.25, -0.2) is 14.6 Å². The number of thioether (sulfide) groups is 1. The van der Waals surface area contributed by atoms with Gasteiger partial charge in [-0.2, -0.15) is 5.10 Å². The molecular weight excluding hydrogens is 490 g/mol. The molecule has 192 valence electrons. The molecule has 0 spiro atoms. The Labute approximate surface area is 227 Å². The molecule has 5 aromatic rings. The van der Waals surface area contributed by atoms with Gasteiger partial charge in [-0.1, -0.05) is 93.2 Å². The number of benzene rings is 3. The van der Waals surface area contributed by atoms with Crippen LogP contribution in [0.3, 0.4) is 0 Å². The van der Waals surface area contributed by atoms with Gasteiger partial charge in [0, 0.05) is 11.3 Å². The fourth-order valence-electron chi connectivity index (χ4n) is 4.35. The van der Waals surface area contributed by atoms with Crippen molar-refractivity contribution in [3.8, 4) is 17.1 Å². The molecule has 0 aliphatic carbocycles. The number of nitrogens with one attached hydrogen (secondary N) is 1. The van der Waals surface area contributed by atoms with Gasteiger partial charge in [-0.3, -0.25) is 4.79 Å². The van der Waals surface area contributed by atoms with Crippen molar-refractivity contribution in [1.82, 2.24) is 19.7 Å². The molecule has 1 atom stereocenters. The van der Waals surface area contributed by atoms with E-state index in [1.54, 1.807) is 0 Å². The summed E-state index contributed by atoms with van der Waals surface area (Å²) in [5, 5.41) is 9.38. The Morgan fingerprint density at radius 1 is 0.868 bits per heavy atom. The average molecular weight is 522 g/mol. The van der Waals surface area contributed by atoms with E-state index in [0.717, 1.165) is 51.5 Å². The number of fused-ring (bicyclic) bond motifs is 1. The number of carbonyl (C=O) groups excluding carboxylic acids is 1. The third-order valence-electron chi connectivity index (χ3n) is 6.48. The molecule has 7 heteroatoms. The van der Waals surface area contributed by atoms with Gasteiger partial charge in [0.25, 0.3) is 0 Å². The molecule has 0 fully saturated rings. The lowest BCUT2D eigenvalue weighted by atomic mass is 10.1. The number of hydrogen-bond donors (Lipinski definition) is 1. The lowest BCUT2D eigenvalue weighted by molar-refractivity contribution is -0.115. The number of anilines is 1. The summed E-state index contributed by atoms with van der Waals surface area (Å²) in [4.78, 5) is 23.4. The van der Waals surface area contributed by atoms with E-state index in [9.17, 15) is 4.79 Å². The molecule has 0 saturated heterocycles. The van der Waals surface area contributed by atoms with Gasteiger partial charge in [0.05, 0.1) is 22.0 Å². The normalized spacial score (nSPS) is 12.0. The molecule has 0 unspecified atom stereocenters. The van der Waals surface area contributed by atoms with Crippen LogP contribution in [0.25, 0.3) is 28.1 Å². The Kier molecular flexibility index (Phi) is 7.84. The van der Waals surface area contributed by atoms with E-state index in [1.807, 2.05) is 84.4 Å². The highest BCUT2D eigenvalue weighted by atomic mass is 32.2. The first-order valence-electron chi connectivity index (χ1n) is 13.1. The summed E-state index contributed by atoms with van der Waals surface area (Å²) in [6.07, 6.45) is 2.35. The highest BCUT2D eigenvalue weighted by molar-refractivity contribution is 8.00. The van der Waals surface area contributed by atoms with Crippen molar-refractivity contribution in [3.05, 3.63) is 96.2 Å². The quantitative estimate of drug-likeness (QED) is 0.165. The molecule has 2 aromatic heterocycles. The van der Waals surface area contributed by atoms with E-state index in [1.165, 1.54) is 17.3 Å². The van der Waals surface area contributed by atoms with Crippen molar-refractivity contribution in [1.29, 1.82) is 0 Å². The second-order valence-electron chi connectivity index (χ2n) is 9.02. The zero-order valence-electron chi connectivity index (χ0n) is 21.9. The first-order valence-corrected chi connectivity index (χ1v) is 14.0. The minimum absolute atomic E-state index is 0.0386. The van der Waals surface area contributed by atoms with Crippen molar-refractivity contribution in [2.75, 3.05) is 5.32 Å². The minimum atomic E-state index is -0.327. The van der Waals surface area contributed by atoms with Crippen LogP contribution in [0.15, 0.2) is 90.0 Å². The molecule has 0 bridgehead atoms. The van der Waals surface area contributed by atoms with Crippen LogP contribution in [-0.4, -0.2) is 30.9 Å². The molecule has 5 rings (SSSR count). The summed E-state index contributed by atoms with van der Waals surface area (Å²) in [5.41, 5.74) is 5.56. The molecule has 2 heterocycles. The highest BCUT2D eigenvalue weighted by Gasteiger charge is 2.25. The van der Waals surface area contributed by atoms with Crippen LogP contribution in [-0.2, 0) is 17.6 Å². The SMILES string of the molecule is CCc1ccc(NC(=O)[C@@H](CC)Sc2nc(-c3ccccc3)nc3c2c(CC)nn3-c2ccccc2)cc1. The number of amides is 1. The van der Waals surface area contributed by atoms with Crippen LogP contribution in [0.5, 0.6) is 0 Å². The van der Waals surface area contributed by atoms with Crippen molar-refractivity contribution >= 4 is 34.4 Å². The van der Waals surface area contributed by atoms with E-state index < -0.39 is 0 Å². The van der Waals surface area contributed by atoms with Gasteiger partial charge in [-0.05, 0) is 49.1 Å². The van der Waals surface area contributed by atoms with E-state index in [-0.39, 0.29) is 11.2 Å². The highest BCUT2D eigenvalue weighted by Crippen LogP contribution is 2.35. The average Bonchev–Trinajstić information content (AvgIpc) is 3.36. The maximum atomic E-state index is 13.4. The summed E-state index contributed by atoms with van der Waals surface area (Å²) in [5.74, 6) is 0.578. The maximum Gasteiger partial charge on any atom is 0.237 e. The Bertz CT molecular complexity index is 1530. The van der Waals surface area contributed by atoms with Gasteiger partial charge in [0.2, 0.25) is 5.91 Å². The van der Waals surface area contributed by atoms with Crippen molar-refractivity contribution < 1.29 is 4.79 Å². The molecule has 38 heavy (non-hydrogen) atoms. The summed E-state index contributed by atoms with van der Waals surface area (Å²) in [7, 11) is 0. The van der Waals surface area contributed by atoms with Crippen LogP contribution in [0.1, 0.15) is 38.4 Å². The van der Waals surface area contributed by atoms with Crippen LogP contribution >= 0.6 is 11.8 Å². The van der Waals surface area contributed by atoms with E-state index in [2.05, 4.69) is 31.3 Å². The third-order valence-corrected chi connectivity index (χ3v) is 7.83. The van der Waals surface area contributed by atoms with Crippen LogP contribution in [0, 0.1) is 0 Å². The number of nitrogens with zero attached hydrogens (tertiary/aromatic N) is 4. The first kappa shape index (κ1) is 25.7. The Morgan fingerprint density at radius 3 is 2.18 bits per heavy atom. The van der Waals surface area contributed by atoms with E-state index >= 15 is 0 Å². The second kappa shape index (κ2) is 11.6. The molecular formula is C31H31N5OS. The Hall–Kier alpha value is -3.97. The number of hydrogen-bond acceptors (Lipinski definition) is 5. The number of para-hydroxylation sites is 1. The summed E-state index contributed by atoms with van der Waals surface area (Å²) in [6, 6.07) is 28.0. The van der Waals surface area contributed by atoms with Gasteiger partial charge < -0.3 is 5.32 Å². The lowest BCUT2D eigenvalue weighted by Gasteiger charge is -2.16.